The maximum atomic E-state index is 11.0. The Hall–Kier alpha value is -2.08. The molecule has 1 aliphatic carbocycles. The van der Waals surface area contributed by atoms with Gasteiger partial charge in [0.25, 0.3) is 5.82 Å². The van der Waals surface area contributed by atoms with E-state index in [1.807, 2.05) is 0 Å². The molecule has 1 fully saturated rings. The Labute approximate surface area is 120 Å². The van der Waals surface area contributed by atoms with Gasteiger partial charge in [0.05, 0.1) is 17.8 Å². The lowest BCUT2D eigenvalue weighted by Crippen LogP contribution is -2.03. The van der Waals surface area contributed by atoms with Gasteiger partial charge in [-0.1, -0.05) is 11.6 Å². The third-order valence-corrected chi connectivity index (χ3v) is 3.46. The van der Waals surface area contributed by atoms with E-state index in [1.54, 1.807) is 22.9 Å². The number of carbonyl (C=O) groups is 1. The van der Waals surface area contributed by atoms with Crippen molar-refractivity contribution < 1.29 is 14.6 Å². The number of carboxylic acid groups (broad SMARTS) is 1. The van der Waals surface area contributed by atoms with Crippen molar-refractivity contribution in [2.24, 2.45) is 0 Å². The van der Waals surface area contributed by atoms with Crippen LogP contribution in [0.5, 0.6) is 5.75 Å². The molecular formula is C13H12ClN3O3. The third-order valence-electron chi connectivity index (χ3n) is 3.15. The Morgan fingerprint density at radius 3 is 2.85 bits per heavy atom. The molecule has 1 aromatic carbocycles. The van der Waals surface area contributed by atoms with Crippen LogP contribution in [0.2, 0.25) is 5.02 Å². The predicted molar refractivity (Wildman–Crippen MR) is 71.9 cm³/mol. The SMILES string of the molecule is COc1cc(-n2nc(C(=O)O)nc2C2CC2)ccc1Cl. The summed E-state index contributed by atoms with van der Waals surface area (Å²) in [5, 5.41) is 13.6. The maximum Gasteiger partial charge on any atom is 0.375 e. The summed E-state index contributed by atoms with van der Waals surface area (Å²) in [6, 6.07) is 5.17. The number of carboxylic acids is 1. The monoisotopic (exact) mass is 293 g/mol. The highest BCUT2D eigenvalue weighted by atomic mass is 35.5. The minimum absolute atomic E-state index is 0.194. The van der Waals surface area contributed by atoms with Crippen LogP contribution in [0, 0.1) is 0 Å². The van der Waals surface area contributed by atoms with Gasteiger partial charge in [0.1, 0.15) is 11.6 Å². The molecule has 7 heteroatoms. The van der Waals surface area contributed by atoms with Gasteiger partial charge >= 0.3 is 5.97 Å². The Kier molecular flexibility index (Phi) is 3.10. The molecule has 1 aromatic heterocycles. The number of benzene rings is 1. The fraction of sp³-hybridized carbons (Fsp3) is 0.308. The van der Waals surface area contributed by atoms with Gasteiger partial charge in [-0.25, -0.2) is 14.5 Å². The van der Waals surface area contributed by atoms with Gasteiger partial charge < -0.3 is 9.84 Å². The first-order valence-electron chi connectivity index (χ1n) is 6.14. The van der Waals surface area contributed by atoms with E-state index in [4.69, 9.17) is 21.4 Å². The summed E-state index contributed by atoms with van der Waals surface area (Å²) in [7, 11) is 1.52. The van der Waals surface area contributed by atoms with E-state index in [-0.39, 0.29) is 11.7 Å². The zero-order valence-corrected chi connectivity index (χ0v) is 11.5. The topological polar surface area (TPSA) is 77.2 Å². The van der Waals surface area contributed by atoms with E-state index in [2.05, 4.69) is 10.1 Å². The minimum atomic E-state index is -1.13. The molecule has 0 unspecified atom stereocenters. The van der Waals surface area contributed by atoms with Gasteiger partial charge in [-0.2, -0.15) is 0 Å². The van der Waals surface area contributed by atoms with Crippen LogP contribution >= 0.6 is 11.6 Å². The van der Waals surface area contributed by atoms with Gasteiger partial charge in [-0.3, -0.25) is 0 Å². The standard InChI is InChI=1S/C13H12ClN3O3/c1-20-10-6-8(4-5-9(10)14)17-12(7-2-3-7)15-11(16-17)13(18)19/h4-7H,2-3H2,1H3,(H,18,19). The lowest BCUT2D eigenvalue weighted by molar-refractivity contribution is 0.0683. The highest BCUT2D eigenvalue weighted by Gasteiger charge is 2.31. The van der Waals surface area contributed by atoms with Crippen LogP contribution in [0.25, 0.3) is 5.69 Å². The quantitative estimate of drug-likeness (QED) is 0.937. The summed E-state index contributed by atoms with van der Waals surface area (Å²) in [6.07, 6.45) is 2.00. The smallest absolute Gasteiger partial charge is 0.375 e. The van der Waals surface area contributed by atoms with E-state index in [0.29, 0.717) is 22.3 Å². The van der Waals surface area contributed by atoms with Gasteiger partial charge in [0.2, 0.25) is 0 Å². The zero-order chi connectivity index (χ0) is 14.3. The second kappa shape index (κ2) is 4.79. The first-order chi connectivity index (χ1) is 9.60. The van der Waals surface area contributed by atoms with Crippen molar-refractivity contribution >= 4 is 17.6 Å². The highest BCUT2D eigenvalue weighted by Crippen LogP contribution is 2.40. The van der Waals surface area contributed by atoms with Gasteiger partial charge in [-0.15, -0.1) is 5.10 Å². The van der Waals surface area contributed by atoms with Crippen molar-refractivity contribution in [1.82, 2.24) is 14.8 Å². The Morgan fingerprint density at radius 1 is 1.50 bits per heavy atom. The second-order valence-electron chi connectivity index (χ2n) is 4.60. The van der Waals surface area contributed by atoms with E-state index >= 15 is 0 Å². The highest BCUT2D eigenvalue weighted by molar-refractivity contribution is 6.32. The number of aromatic nitrogens is 3. The van der Waals surface area contributed by atoms with Crippen LogP contribution < -0.4 is 4.74 Å². The summed E-state index contributed by atoms with van der Waals surface area (Å²) in [4.78, 5) is 15.1. The molecule has 0 amide bonds. The van der Waals surface area contributed by atoms with Gasteiger partial charge in [-0.05, 0) is 25.0 Å². The minimum Gasteiger partial charge on any atom is -0.495 e. The van der Waals surface area contributed by atoms with E-state index < -0.39 is 5.97 Å². The molecule has 0 spiro atoms. The van der Waals surface area contributed by atoms with Crippen molar-refractivity contribution in [2.75, 3.05) is 7.11 Å². The number of hydrogen-bond acceptors (Lipinski definition) is 4. The van der Waals surface area contributed by atoms with Crippen LogP contribution in [0.4, 0.5) is 0 Å². The molecule has 0 radical (unpaired) electrons. The molecule has 0 aliphatic heterocycles. The Bertz CT molecular complexity index is 679. The molecule has 0 bridgehead atoms. The summed E-state index contributed by atoms with van der Waals surface area (Å²) in [5.74, 6) is 0.134. The van der Waals surface area contributed by atoms with Crippen LogP contribution in [0.15, 0.2) is 18.2 Å². The molecular weight excluding hydrogens is 282 g/mol. The first kappa shape index (κ1) is 12.9. The Balaban J connectivity index is 2.10. The number of ether oxygens (including phenoxy) is 1. The molecule has 2 aromatic rings. The van der Waals surface area contributed by atoms with E-state index in [1.165, 1.54) is 7.11 Å². The van der Waals surface area contributed by atoms with Crippen molar-refractivity contribution in [1.29, 1.82) is 0 Å². The lowest BCUT2D eigenvalue weighted by Gasteiger charge is -2.08. The summed E-state index contributed by atoms with van der Waals surface area (Å²) >= 11 is 5.99. The third kappa shape index (κ3) is 2.22. The molecule has 104 valence electrons. The number of methoxy groups -OCH3 is 1. The molecule has 1 aliphatic rings. The normalized spacial score (nSPS) is 14.3. The van der Waals surface area contributed by atoms with E-state index in [0.717, 1.165) is 12.8 Å². The molecule has 1 N–H and O–H groups in total. The summed E-state index contributed by atoms with van der Waals surface area (Å²) < 4.78 is 6.72. The molecule has 3 rings (SSSR count). The van der Waals surface area contributed by atoms with Crippen LogP contribution in [0.3, 0.4) is 0 Å². The number of rotatable bonds is 4. The summed E-state index contributed by atoms with van der Waals surface area (Å²) in [6.45, 7) is 0. The molecule has 0 saturated heterocycles. The zero-order valence-electron chi connectivity index (χ0n) is 10.7. The first-order valence-corrected chi connectivity index (χ1v) is 6.52. The average Bonchev–Trinajstić information content (AvgIpc) is 3.18. The number of hydrogen-bond donors (Lipinski definition) is 1. The van der Waals surface area contributed by atoms with Crippen molar-refractivity contribution in [3.05, 3.63) is 34.9 Å². The largest absolute Gasteiger partial charge is 0.495 e. The fourth-order valence-corrected chi connectivity index (χ4v) is 2.19. The molecule has 6 nitrogen and oxygen atoms in total. The van der Waals surface area contributed by atoms with Gasteiger partial charge in [0.15, 0.2) is 0 Å². The number of halogens is 1. The number of aromatic carboxylic acids is 1. The van der Waals surface area contributed by atoms with Crippen molar-refractivity contribution in [2.45, 2.75) is 18.8 Å². The van der Waals surface area contributed by atoms with Crippen LogP contribution in [0.1, 0.15) is 35.2 Å². The maximum absolute atomic E-state index is 11.0. The second-order valence-corrected chi connectivity index (χ2v) is 5.01. The molecule has 20 heavy (non-hydrogen) atoms. The van der Waals surface area contributed by atoms with Crippen molar-refractivity contribution in [3.8, 4) is 11.4 Å². The van der Waals surface area contributed by atoms with Crippen LogP contribution in [-0.4, -0.2) is 33.0 Å². The summed E-state index contributed by atoms with van der Waals surface area (Å²) in [5.41, 5.74) is 0.688. The van der Waals surface area contributed by atoms with Crippen molar-refractivity contribution in [3.63, 3.8) is 0 Å². The predicted octanol–water partition coefficient (Wildman–Crippen LogP) is 2.50. The molecule has 1 heterocycles. The number of nitrogens with zero attached hydrogens (tertiary/aromatic N) is 3. The van der Waals surface area contributed by atoms with Crippen LogP contribution in [-0.2, 0) is 0 Å². The average molecular weight is 294 g/mol. The Morgan fingerprint density at radius 2 is 2.25 bits per heavy atom. The fourth-order valence-electron chi connectivity index (χ4n) is 1.99. The van der Waals surface area contributed by atoms with Gasteiger partial charge in [0, 0.05) is 12.0 Å². The molecule has 0 atom stereocenters. The lowest BCUT2D eigenvalue weighted by atomic mass is 10.3. The van der Waals surface area contributed by atoms with E-state index in [9.17, 15) is 4.79 Å². The molecule has 1 saturated carbocycles.